The minimum Gasteiger partial charge on any atom is -0.302 e. The van der Waals surface area contributed by atoms with Gasteiger partial charge in [0.05, 0.1) is 6.61 Å². The lowest BCUT2D eigenvalue weighted by molar-refractivity contribution is 0.188. The third kappa shape index (κ3) is 8.72. The zero-order valence-corrected chi connectivity index (χ0v) is 9.73. The highest BCUT2D eigenvalue weighted by Crippen LogP contribution is 2.57. The molecule has 0 aliphatic heterocycles. The van der Waals surface area contributed by atoms with E-state index >= 15 is 0 Å². The summed E-state index contributed by atoms with van der Waals surface area (Å²) in [4.78, 5) is 25.4. The summed E-state index contributed by atoms with van der Waals surface area (Å²) in [5.74, 6) is 0. The summed E-state index contributed by atoms with van der Waals surface area (Å²) in [5, 5.41) is 0. The highest BCUT2D eigenvalue weighted by atomic mass is 31.3. The molecule has 0 aromatic carbocycles. The highest BCUT2D eigenvalue weighted by Gasteiger charge is 2.32. The Morgan fingerprint density at radius 3 is 2.33 bits per heavy atom. The van der Waals surface area contributed by atoms with Crippen LogP contribution in [0.4, 0.5) is 0 Å². The van der Waals surface area contributed by atoms with Crippen molar-refractivity contribution in [2.45, 2.75) is 6.92 Å². The first kappa shape index (κ1) is 14.7. The molecule has 0 aromatic rings. The van der Waals surface area contributed by atoms with Crippen molar-refractivity contribution >= 4 is 15.6 Å². The number of hydrogen-bond acceptors (Lipinski definition) is 4. The smallest absolute Gasteiger partial charge is 0.302 e. The van der Waals surface area contributed by atoms with Gasteiger partial charge in [-0.1, -0.05) is 18.7 Å². The van der Waals surface area contributed by atoms with Gasteiger partial charge < -0.3 is 14.7 Å². The molecule has 0 rings (SSSR count). The molecule has 0 aliphatic carbocycles. The van der Waals surface area contributed by atoms with Crippen LogP contribution in [0.3, 0.4) is 0 Å². The average molecular weight is 258 g/mol. The van der Waals surface area contributed by atoms with Crippen LogP contribution >= 0.6 is 15.6 Å². The van der Waals surface area contributed by atoms with Crippen molar-refractivity contribution in [3.05, 3.63) is 24.3 Å². The highest BCUT2D eigenvalue weighted by molar-refractivity contribution is 7.60. The number of phosphoric acid groups is 2. The van der Waals surface area contributed by atoms with Gasteiger partial charge in [-0.15, -0.1) is 0 Å². The van der Waals surface area contributed by atoms with E-state index in [-0.39, 0.29) is 6.61 Å². The summed E-state index contributed by atoms with van der Waals surface area (Å²) in [5.41, 5.74) is 0.550. The van der Waals surface area contributed by atoms with Crippen LogP contribution in [-0.4, -0.2) is 21.3 Å². The van der Waals surface area contributed by atoms with Gasteiger partial charge in [0.15, 0.2) is 0 Å². The van der Waals surface area contributed by atoms with Crippen molar-refractivity contribution < 1.29 is 32.6 Å². The van der Waals surface area contributed by atoms with E-state index in [4.69, 9.17) is 14.7 Å². The van der Waals surface area contributed by atoms with Crippen LogP contribution in [0.5, 0.6) is 0 Å². The van der Waals surface area contributed by atoms with Crippen LogP contribution in [0, 0.1) is 0 Å². The van der Waals surface area contributed by atoms with E-state index in [1.54, 1.807) is 6.92 Å². The van der Waals surface area contributed by atoms with Gasteiger partial charge in [0.1, 0.15) is 0 Å². The minimum atomic E-state index is -5.04. The largest absolute Gasteiger partial charge is 0.481 e. The second-order valence-electron chi connectivity index (χ2n) is 2.56. The van der Waals surface area contributed by atoms with Crippen molar-refractivity contribution in [1.29, 1.82) is 0 Å². The molecule has 0 saturated heterocycles. The standard InChI is InChI=1S/C6H12O7P2/c1-3-4-6(2)5-12-15(10,11)13-14(7,8)9/h3-4H,1,5H2,2H3,(H,10,11)(H2,7,8,9)/b6-4+. The molecule has 1 atom stereocenters. The molecular weight excluding hydrogens is 246 g/mol. The second kappa shape index (κ2) is 5.72. The summed E-state index contributed by atoms with van der Waals surface area (Å²) in [6.45, 7) is 4.68. The predicted octanol–water partition coefficient (Wildman–Crippen LogP) is 1.34. The topological polar surface area (TPSA) is 113 Å². The first-order valence-corrected chi connectivity index (χ1v) is 6.71. The SMILES string of the molecule is C=C/C=C(\C)COP(=O)(O)OP(=O)(O)O. The Hall–Kier alpha value is -0.260. The van der Waals surface area contributed by atoms with E-state index in [2.05, 4.69) is 15.4 Å². The Morgan fingerprint density at radius 1 is 1.40 bits per heavy atom. The van der Waals surface area contributed by atoms with Crippen LogP contribution < -0.4 is 0 Å². The van der Waals surface area contributed by atoms with Gasteiger partial charge in [0.2, 0.25) is 0 Å². The van der Waals surface area contributed by atoms with Crippen LogP contribution in [-0.2, 0) is 18.0 Å². The lowest BCUT2D eigenvalue weighted by atomic mass is 10.3. The van der Waals surface area contributed by atoms with Crippen LogP contribution in [0.2, 0.25) is 0 Å². The Kier molecular flexibility index (Phi) is 5.62. The van der Waals surface area contributed by atoms with Crippen molar-refractivity contribution in [3.63, 3.8) is 0 Å². The fraction of sp³-hybridized carbons (Fsp3) is 0.333. The fourth-order valence-electron chi connectivity index (χ4n) is 0.591. The van der Waals surface area contributed by atoms with E-state index in [1.807, 2.05) is 0 Å². The average Bonchev–Trinajstić information content (AvgIpc) is 1.97. The quantitative estimate of drug-likeness (QED) is 0.486. The molecule has 15 heavy (non-hydrogen) atoms. The first-order chi connectivity index (χ1) is 6.66. The normalized spacial score (nSPS) is 17.2. The Bertz CT molecular complexity index is 341. The molecule has 0 aromatic heterocycles. The molecule has 1 unspecified atom stereocenters. The maximum atomic E-state index is 10.9. The first-order valence-electron chi connectivity index (χ1n) is 3.69. The maximum absolute atomic E-state index is 10.9. The molecule has 0 heterocycles. The molecule has 0 aliphatic rings. The fourth-order valence-corrected chi connectivity index (χ4v) is 2.22. The molecule has 0 saturated carbocycles. The van der Waals surface area contributed by atoms with Gasteiger partial charge in [-0.25, -0.2) is 9.13 Å². The summed E-state index contributed by atoms with van der Waals surface area (Å²) in [6.07, 6.45) is 2.95. The lowest BCUT2D eigenvalue weighted by Gasteiger charge is -2.12. The van der Waals surface area contributed by atoms with E-state index in [0.717, 1.165) is 0 Å². The molecular formula is C6H12O7P2. The molecule has 9 heteroatoms. The van der Waals surface area contributed by atoms with Crippen LogP contribution in [0.25, 0.3) is 0 Å². The van der Waals surface area contributed by atoms with E-state index in [1.165, 1.54) is 12.2 Å². The molecule has 7 nitrogen and oxygen atoms in total. The minimum absolute atomic E-state index is 0.292. The number of hydrogen-bond donors (Lipinski definition) is 3. The Morgan fingerprint density at radius 2 is 1.93 bits per heavy atom. The van der Waals surface area contributed by atoms with Gasteiger partial charge in [0, 0.05) is 0 Å². The Labute approximate surface area is 86.9 Å². The van der Waals surface area contributed by atoms with E-state index in [9.17, 15) is 9.13 Å². The van der Waals surface area contributed by atoms with Crippen LogP contribution in [0.1, 0.15) is 6.92 Å². The van der Waals surface area contributed by atoms with E-state index in [0.29, 0.717) is 5.57 Å². The van der Waals surface area contributed by atoms with E-state index < -0.39 is 15.6 Å². The van der Waals surface area contributed by atoms with Gasteiger partial charge in [0.25, 0.3) is 0 Å². The van der Waals surface area contributed by atoms with Crippen molar-refractivity contribution in [2.24, 2.45) is 0 Å². The molecule has 0 fully saturated rings. The van der Waals surface area contributed by atoms with Crippen molar-refractivity contribution in [2.75, 3.05) is 6.61 Å². The molecule has 3 N–H and O–H groups in total. The number of rotatable bonds is 6. The molecule has 0 spiro atoms. The third-order valence-electron chi connectivity index (χ3n) is 1.07. The molecule has 0 bridgehead atoms. The van der Waals surface area contributed by atoms with Crippen LogP contribution in [0.15, 0.2) is 24.3 Å². The van der Waals surface area contributed by atoms with Gasteiger partial charge in [-0.3, -0.25) is 4.52 Å². The zero-order chi connectivity index (χ0) is 12.1. The maximum Gasteiger partial charge on any atom is 0.481 e. The van der Waals surface area contributed by atoms with Gasteiger partial charge >= 0.3 is 15.6 Å². The zero-order valence-electron chi connectivity index (χ0n) is 7.94. The summed E-state index contributed by atoms with van der Waals surface area (Å²) in [6, 6.07) is 0. The molecule has 0 amide bonds. The number of phosphoric ester groups is 1. The molecule has 0 radical (unpaired) electrons. The Balaban J connectivity index is 4.29. The third-order valence-corrected chi connectivity index (χ3v) is 3.20. The van der Waals surface area contributed by atoms with Crippen molar-refractivity contribution in [3.8, 4) is 0 Å². The number of allylic oxidation sites excluding steroid dienone is 2. The second-order valence-corrected chi connectivity index (χ2v) is 5.39. The molecule has 88 valence electrons. The van der Waals surface area contributed by atoms with Gasteiger partial charge in [-0.2, -0.15) is 4.31 Å². The summed E-state index contributed by atoms with van der Waals surface area (Å²) < 4.78 is 29.0. The lowest BCUT2D eigenvalue weighted by Crippen LogP contribution is -1.96. The predicted molar refractivity (Wildman–Crippen MR) is 52.9 cm³/mol. The van der Waals surface area contributed by atoms with Gasteiger partial charge in [-0.05, 0) is 12.5 Å². The summed E-state index contributed by atoms with van der Waals surface area (Å²) in [7, 11) is -9.77. The monoisotopic (exact) mass is 258 g/mol. The summed E-state index contributed by atoms with van der Waals surface area (Å²) >= 11 is 0. The van der Waals surface area contributed by atoms with Crippen molar-refractivity contribution in [1.82, 2.24) is 0 Å².